The monoisotopic (exact) mass is 441 g/mol. The van der Waals surface area contributed by atoms with Crippen LogP contribution in [0.4, 0.5) is 11.5 Å². The summed E-state index contributed by atoms with van der Waals surface area (Å²) in [6, 6.07) is 5.30. The SMILES string of the molecule is COc1cc2ncnc(Nc3c(Cl)cc(C#CC(C)OC)c4c3OCO4)c2cc1OC. The van der Waals surface area contributed by atoms with Gasteiger partial charge in [-0.15, -0.1) is 0 Å². The van der Waals surface area contributed by atoms with Crippen LogP contribution in [0.3, 0.4) is 0 Å². The molecule has 0 spiro atoms. The fraction of sp³-hybridized carbons (Fsp3) is 0.273. The molecule has 1 N–H and O–H groups in total. The number of rotatable bonds is 5. The summed E-state index contributed by atoms with van der Waals surface area (Å²) in [4.78, 5) is 8.69. The lowest BCUT2D eigenvalue weighted by atomic mass is 10.1. The Hall–Kier alpha value is -3.41. The molecular weight excluding hydrogens is 422 g/mol. The summed E-state index contributed by atoms with van der Waals surface area (Å²) in [5.74, 6) is 8.66. The van der Waals surface area contributed by atoms with Gasteiger partial charge in [0.05, 0.1) is 30.3 Å². The number of hydrogen-bond donors (Lipinski definition) is 1. The van der Waals surface area contributed by atoms with E-state index in [1.165, 1.54) is 6.33 Å². The smallest absolute Gasteiger partial charge is 0.231 e. The Kier molecular flexibility index (Phi) is 5.89. The Morgan fingerprint density at radius 3 is 2.55 bits per heavy atom. The molecule has 0 radical (unpaired) electrons. The van der Waals surface area contributed by atoms with Crippen LogP contribution in [0, 0.1) is 11.8 Å². The maximum Gasteiger partial charge on any atom is 0.231 e. The Balaban J connectivity index is 1.79. The van der Waals surface area contributed by atoms with Gasteiger partial charge in [0.1, 0.15) is 23.9 Å². The van der Waals surface area contributed by atoms with Gasteiger partial charge >= 0.3 is 0 Å². The topological polar surface area (TPSA) is 84.0 Å². The molecule has 31 heavy (non-hydrogen) atoms. The molecule has 8 nitrogen and oxygen atoms in total. The molecule has 1 atom stereocenters. The number of halogens is 1. The number of nitrogens with zero attached hydrogens (tertiary/aromatic N) is 2. The van der Waals surface area contributed by atoms with E-state index in [-0.39, 0.29) is 12.9 Å². The highest BCUT2D eigenvalue weighted by Gasteiger charge is 2.25. The van der Waals surface area contributed by atoms with Crippen molar-refractivity contribution in [2.45, 2.75) is 13.0 Å². The van der Waals surface area contributed by atoms with E-state index in [9.17, 15) is 0 Å². The Morgan fingerprint density at radius 1 is 1.06 bits per heavy atom. The number of hydrogen-bond acceptors (Lipinski definition) is 8. The number of methoxy groups -OCH3 is 3. The molecular formula is C22H20ClN3O5. The first-order valence-corrected chi connectivity index (χ1v) is 9.73. The van der Waals surface area contributed by atoms with Gasteiger partial charge in [0.15, 0.2) is 23.0 Å². The first-order valence-electron chi connectivity index (χ1n) is 9.35. The van der Waals surface area contributed by atoms with Crippen molar-refractivity contribution in [1.29, 1.82) is 0 Å². The fourth-order valence-corrected chi connectivity index (χ4v) is 3.33. The molecule has 0 amide bonds. The second kappa shape index (κ2) is 8.76. The van der Waals surface area contributed by atoms with Crippen molar-refractivity contribution in [1.82, 2.24) is 9.97 Å². The molecule has 4 rings (SSSR count). The third-order valence-electron chi connectivity index (χ3n) is 4.74. The van der Waals surface area contributed by atoms with Crippen molar-refractivity contribution in [3.63, 3.8) is 0 Å². The van der Waals surface area contributed by atoms with Gasteiger partial charge in [0.25, 0.3) is 0 Å². The quantitative estimate of drug-likeness (QED) is 0.591. The standard InChI is InChI=1S/C22H20ClN3O5/c1-12(27-2)5-6-13-7-15(23)19(21-20(13)30-11-31-21)26-22-14-8-17(28-3)18(29-4)9-16(14)24-10-25-22/h7-10,12H,11H2,1-4H3,(H,24,25,26). The van der Waals surface area contributed by atoms with Crippen LogP contribution in [0.2, 0.25) is 5.02 Å². The molecule has 0 bridgehead atoms. The van der Waals surface area contributed by atoms with Crippen LogP contribution in [-0.2, 0) is 4.74 Å². The lowest BCUT2D eigenvalue weighted by molar-refractivity contribution is 0.163. The lowest BCUT2D eigenvalue weighted by Crippen LogP contribution is -2.01. The third kappa shape index (κ3) is 3.98. The van der Waals surface area contributed by atoms with E-state index in [0.717, 1.165) is 5.39 Å². The molecule has 1 aliphatic heterocycles. The van der Waals surface area contributed by atoms with Gasteiger partial charge in [-0.3, -0.25) is 0 Å². The van der Waals surface area contributed by atoms with Gasteiger partial charge in [-0.05, 0) is 19.1 Å². The van der Waals surface area contributed by atoms with Gasteiger partial charge in [0.2, 0.25) is 6.79 Å². The molecule has 0 saturated heterocycles. The van der Waals surface area contributed by atoms with Crippen molar-refractivity contribution in [3.8, 4) is 34.8 Å². The summed E-state index contributed by atoms with van der Waals surface area (Å²) in [6.07, 6.45) is 1.22. The van der Waals surface area contributed by atoms with Crippen LogP contribution >= 0.6 is 11.6 Å². The fourth-order valence-electron chi connectivity index (χ4n) is 3.09. The predicted octanol–water partition coefficient (Wildman–Crippen LogP) is 4.16. The normalized spacial score (nSPS) is 12.8. The molecule has 160 valence electrons. The van der Waals surface area contributed by atoms with Gasteiger partial charge in [0, 0.05) is 18.6 Å². The largest absolute Gasteiger partial charge is 0.493 e. The molecule has 3 aromatic rings. The molecule has 1 aliphatic rings. The first-order chi connectivity index (χ1) is 15.0. The summed E-state index contributed by atoms with van der Waals surface area (Å²) in [6.45, 7) is 1.92. The van der Waals surface area contributed by atoms with Crippen LogP contribution < -0.4 is 24.3 Å². The van der Waals surface area contributed by atoms with Gasteiger partial charge in [-0.1, -0.05) is 23.4 Å². The van der Waals surface area contributed by atoms with E-state index >= 15 is 0 Å². The Labute approximate surface area is 184 Å². The van der Waals surface area contributed by atoms with Crippen LogP contribution in [0.25, 0.3) is 10.9 Å². The van der Waals surface area contributed by atoms with E-state index in [1.54, 1.807) is 39.5 Å². The van der Waals surface area contributed by atoms with Crippen molar-refractivity contribution in [2.24, 2.45) is 0 Å². The maximum absolute atomic E-state index is 6.58. The molecule has 9 heteroatoms. The number of fused-ring (bicyclic) bond motifs is 2. The van der Waals surface area contributed by atoms with Crippen LogP contribution in [0.1, 0.15) is 12.5 Å². The molecule has 2 aromatic carbocycles. The second-order valence-corrected chi connectivity index (χ2v) is 6.97. The van der Waals surface area contributed by atoms with E-state index in [0.29, 0.717) is 50.6 Å². The average Bonchev–Trinajstić information content (AvgIpc) is 3.28. The number of anilines is 2. The predicted molar refractivity (Wildman–Crippen MR) is 117 cm³/mol. The van der Waals surface area contributed by atoms with E-state index in [1.807, 2.05) is 6.92 Å². The van der Waals surface area contributed by atoms with Gasteiger partial charge in [-0.25, -0.2) is 9.97 Å². The van der Waals surface area contributed by atoms with Gasteiger partial charge < -0.3 is 29.0 Å². The molecule has 2 heterocycles. The van der Waals surface area contributed by atoms with Crippen molar-refractivity contribution in [2.75, 3.05) is 33.4 Å². The van der Waals surface area contributed by atoms with Gasteiger partial charge in [-0.2, -0.15) is 0 Å². The highest BCUT2D eigenvalue weighted by molar-refractivity contribution is 6.34. The van der Waals surface area contributed by atoms with Crippen molar-refractivity contribution >= 4 is 34.0 Å². The summed E-state index contributed by atoms with van der Waals surface area (Å²) >= 11 is 6.58. The summed E-state index contributed by atoms with van der Waals surface area (Å²) in [7, 11) is 4.74. The molecule has 0 saturated carbocycles. The average molecular weight is 442 g/mol. The number of nitrogens with one attached hydrogen (secondary N) is 1. The van der Waals surface area contributed by atoms with Crippen LogP contribution in [0.5, 0.6) is 23.0 Å². The minimum Gasteiger partial charge on any atom is -0.493 e. The number of benzene rings is 2. The van der Waals surface area contributed by atoms with Crippen LogP contribution in [0.15, 0.2) is 24.5 Å². The Bertz CT molecular complexity index is 1210. The lowest BCUT2D eigenvalue weighted by Gasteiger charge is -2.14. The highest BCUT2D eigenvalue weighted by Crippen LogP contribution is 2.47. The van der Waals surface area contributed by atoms with E-state index in [4.69, 9.17) is 35.3 Å². The molecule has 1 unspecified atom stereocenters. The van der Waals surface area contributed by atoms with E-state index in [2.05, 4.69) is 27.1 Å². The number of ether oxygens (including phenoxy) is 5. The second-order valence-electron chi connectivity index (χ2n) is 6.56. The van der Waals surface area contributed by atoms with Crippen molar-refractivity contribution < 1.29 is 23.7 Å². The maximum atomic E-state index is 6.58. The first kappa shape index (κ1) is 20.8. The zero-order valence-electron chi connectivity index (χ0n) is 17.4. The molecule has 1 aromatic heterocycles. The van der Waals surface area contributed by atoms with Crippen LogP contribution in [-0.4, -0.2) is 44.2 Å². The molecule has 0 fully saturated rings. The Morgan fingerprint density at radius 2 is 1.81 bits per heavy atom. The zero-order chi connectivity index (χ0) is 22.0. The third-order valence-corrected chi connectivity index (χ3v) is 5.04. The number of aromatic nitrogens is 2. The zero-order valence-corrected chi connectivity index (χ0v) is 18.2. The summed E-state index contributed by atoms with van der Waals surface area (Å²) < 4.78 is 27.3. The molecule has 0 aliphatic carbocycles. The highest BCUT2D eigenvalue weighted by atomic mass is 35.5. The van der Waals surface area contributed by atoms with Crippen molar-refractivity contribution in [3.05, 3.63) is 35.1 Å². The summed E-state index contributed by atoms with van der Waals surface area (Å²) in [5.41, 5.74) is 1.82. The summed E-state index contributed by atoms with van der Waals surface area (Å²) in [5, 5.41) is 4.38. The minimum atomic E-state index is -0.228. The van der Waals surface area contributed by atoms with E-state index < -0.39 is 0 Å². The minimum absolute atomic E-state index is 0.0639.